The van der Waals surface area contributed by atoms with Gasteiger partial charge in [-0.1, -0.05) is 28.9 Å². The van der Waals surface area contributed by atoms with Crippen molar-refractivity contribution < 1.29 is 4.74 Å². The fraction of sp³-hybridized carbons (Fsp3) is 0.625. The maximum atomic E-state index is 6.29. The van der Waals surface area contributed by atoms with Crippen LogP contribution in [0.5, 0.6) is 5.75 Å². The van der Waals surface area contributed by atoms with Gasteiger partial charge in [-0.05, 0) is 45.5 Å². The molecule has 0 bridgehead atoms. The monoisotopic (exact) mass is 340 g/mol. The Morgan fingerprint density at radius 2 is 2.10 bits per heavy atom. The molecule has 0 aromatic heterocycles. The summed E-state index contributed by atoms with van der Waals surface area (Å²) in [6.07, 6.45) is 2.56. The van der Waals surface area contributed by atoms with Gasteiger partial charge in [0.25, 0.3) is 0 Å². The molecule has 2 rings (SSSR count). The van der Waals surface area contributed by atoms with Gasteiger partial charge < -0.3 is 15.0 Å². The van der Waals surface area contributed by atoms with Gasteiger partial charge in [-0.15, -0.1) is 0 Å². The normalized spacial score (nSPS) is 19.0. The van der Waals surface area contributed by atoms with E-state index < -0.39 is 0 Å². The number of piperidine rings is 1. The van der Waals surface area contributed by atoms with E-state index in [-0.39, 0.29) is 0 Å². The highest BCUT2D eigenvalue weighted by atomic mass is 79.9. The van der Waals surface area contributed by atoms with Crippen molar-refractivity contribution >= 4 is 15.9 Å². The van der Waals surface area contributed by atoms with Crippen LogP contribution in [0, 0.1) is 0 Å². The number of hydrogen-bond acceptors (Lipinski definition) is 3. The average molecular weight is 341 g/mol. The molecule has 0 amide bonds. The predicted octanol–water partition coefficient (Wildman–Crippen LogP) is 3.59. The van der Waals surface area contributed by atoms with Crippen LogP contribution in [0.2, 0.25) is 0 Å². The average Bonchev–Trinajstić information content (AvgIpc) is 2.42. The molecule has 0 saturated carbocycles. The third-order valence-corrected chi connectivity index (χ3v) is 4.40. The molecule has 1 atom stereocenters. The summed E-state index contributed by atoms with van der Waals surface area (Å²) in [5.41, 5.74) is 1.24. The summed E-state index contributed by atoms with van der Waals surface area (Å²) in [7, 11) is 2.17. The van der Waals surface area contributed by atoms with Crippen LogP contribution in [0.15, 0.2) is 22.7 Å². The van der Waals surface area contributed by atoms with Crippen molar-refractivity contribution in [1.29, 1.82) is 0 Å². The van der Waals surface area contributed by atoms with E-state index in [2.05, 4.69) is 65.2 Å². The zero-order valence-corrected chi connectivity index (χ0v) is 14.2. The molecule has 1 aliphatic heterocycles. The molecule has 0 aliphatic carbocycles. The third-order valence-electron chi connectivity index (χ3n) is 3.91. The Kier molecular flexibility index (Phi) is 5.87. The van der Waals surface area contributed by atoms with Crippen LogP contribution in [-0.2, 0) is 0 Å². The Balaban J connectivity index is 2.10. The van der Waals surface area contributed by atoms with Crippen LogP contribution < -0.4 is 10.1 Å². The topological polar surface area (TPSA) is 24.5 Å². The van der Waals surface area contributed by atoms with Crippen LogP contribution >= 0.6 is 15.9 Å². The Bertz CT molecular complexity index is 430. The van der Waals surface area contributed by atoms with Gasteiger partial charge in [0.2, 0.25) is 0 Å². The van der Waals surface area contributed by atoms with Crippen molar-refractivity contribution in [2.75, 3.05) is 26.7 Å². The molecule has 3 nitrogen and oxygen atoms in total. The van der Waals surface area contributed by atoms with Gasteiger partial charge in [-0.2, -0.15) is 0 Å². The molecule has 1 saturated heterocycles. The van der Waals surface area contributed by atoms with Crippen LogP contribution in [-0.4, -0.2) is 37.7 Å². The summed E-state index contributed by atoms with van der Waals surface area (Å²) in [5.74, 6) is 1.02. The Labute approximate surface area is 130 Å². The molecule has 0 radical (unpaired) electrons. The molecule has 0 spiro atoms. The number of ether oxygens (including phenoxy) is 1. The molecule has 112 valence electrons. The minimum Gasteiger partial charge on any atom is -0.490 e. The zero-order valence-electron chi connectivity index (χ0n) is 12.7. The third kappa shape index (κ3) is 4.21. The second-order valence-electron chi connectivity index (χ2n) is 5.58. The number of rotatable bonds is 5. The van der Waals surface area contributed by atoms with Gasteiger partial charge in [-0.3, -0.25) is 0 Å². The smallest absolute Gasteiger partial charge is 0.125 e. The quantitative estimate of drug-likeness (QED) is 0.886. The van der Waals surface area contributed by atoms with E-state index in [1.54, 1.807) is 0 Å². The predicted molar refractivity (Wildman–Crippen MR) is 87.4 cm³/mol. The number of likely N-dealkylation sites (tertiary alicyclic amines) is 1. The van der Waals surface area contributed by atoms with Gasteiger partial charge in [0.1, 0.15) is 11.9 Å². The lowest BCUT2D eigenvalue weighted by Crippen LogP contribution is -2.36. The van der Waals surface area contributed by atoms with Gasteiger partial charge >= 0.3 is 0 Å². The highest BCUT2D eigenvalue weighted by Crippen LogP contribution is 2.30. The largest absolute Gasteiger partial charge is 0.490 e. The van der Waals surface area contributed by atoms with E-state index >= 15 is 0 Å². The Hall–Kier alpha value is -0.580. The lowest BCUT2D eigenvalue weighted by atomic mass is 10.1. The highest BCUT2D eigenvalue weighted by Gasteiger charge is 2.20. The standard InChI is InChI=1S/C16H25BrN2O/c1-4-18-12(2)15-6-5-13(17)11-16(15)20-14-7-9-19(3)10-8-14/h5-6,11-12,14,18H,4,7-10H2,1-3H3. The summed E-state index contributed by atoms with van der Waals surface area (Å²) < 4.78 is 7.36. The lowest BCUT2D eigenvalue weighted by molar-refractivity contribution is 0.113. The van der Waals surface area contributed by atoms with Crippen molar-refractivity contribution in [3.8, 4) is 5.75 Å². The molecule has 1 aromatic carbocycles. The molecule has 1 N–H and O–H groups in total. The van der Waals surface area contributed by atoms with E-state index in [0.29, 0.717) is 12.1 Å². The summed E-state index contributed by atoms with van der Waals surface area (Å²) in [6, 6.07) is 6.66. The van der Waals surface area contributed by atoms with Crippen molar-refractivity contribution in [1.82, 2.24) is 10.2 Å². The molecular formula is C16H25BrN2O. The van der Waals surface area contributed by atoms with E-state index in [1.165, 1.54) is 5.56 Å². The minimum atomic E-state index is 0.314. The van der Waals surface area contributed by atoms with Crippen LogP contribution in [0.4, 0.5) is 0 Å². The van der Waals surface area contributed by atoms with E-state index in [1.807, 2.05) is 0 Å². The van der Waals surface area contributed by atoms with Crippen molar-refractivity contribution in [2.45, 2.75) is 38.8 Å². The first-order valence-electron chi connectivity index (χ1n) is 7.48. The molecule has 1 unspecified atom stereocenters. The van der Waals surface area contributed by atoms with Crippen LogP contribution in [0.3, 0.4) is 0 Å². The maximum absolute atomic E-state index is 6.29. The van der Waals surface area contributed by atoms with E-state index in [4.69, 9.17) is 4.74 Å². The van der Waals surface area contributed by atoms with Crippen LogP contribution in [0.1, 0.15) is 38.3 Å². The number of nitrogens with zero attached hydrogens (tertiary/aromatic N) is 1. The number of hydrogen-bond donors (Lipinski definition) is 1. The first-order valence-corrected chi connectivity index (χ1v) is 8.27. The maximum Gasteiger partial charge on any atom is 0.125 e. The molecule has 1 fully saturated rings. The number of nitrogens with one attached hydrogen (secondary N) is 1. The molecule has 1 heterocycles. The van der Waals surface area contributed by atoms with Gasteiger partial charge in [-0.25, -0.2) is 0 Å². The summed E-state index contributed by atoms with van der Waals surface area (Å²) in [6.45, 7) is 7.53. The van der Waals surface area contributed by atoms with E-state index in [0.717, 1.165) is 42.7 Å². The van der Waals surface area contributed by atoms with Gasteiger partial charge in [0, 0.05) is 29.2 Å². The van der Waals surface area contributed by atoms with Crippen LogP contribution in [0.25, 0.3) is 0 Å². The minimum absolute atomic E-state index is 0.314. The zero-order chi connectivity index (χ0) is 14.5. The number of benzene rings is 1. The molecule has 1 aromatic rings. The van der Waals surface area contributed by atoms with Crippen molar-refractivity contribution in [2.24, 2.45) is 0 Å². The van der Waals surface area contributed by atoms with Crippen molar-refractivity contribution in [3.05, 3.63) is 28.2 Å². The second kappa shape index (κ2) is 7.43. The fourth-order valence-electron chi connectivity index (χ4n) is 2.67. The van der Waals surface area contributed by atoms with Gasteiger partial charge in [0.15, 0.2) is 0 Å². The molecule has 4 heteroatoms. The molecular weight excluding hydrogens is 316 g/mol. The summed E-state index contributed by atoms with van der Waals surface area (Å²) in [4.78, 5) is 2.36. The van der Waals surface area contributed by atoms with Gasteiger partial charge in [0.05, 0.1) is 0 Å². The van der Waals surface area contributed by atoms with E-state index in [9.17, 15) is 0 Å². The first kappa shape index (κ1) is 15.8. The molecule has 20 heavy (non-hydrogen) atoms. The Morgan fingerprint density at radius 1 is 1.40 bits per heavy atom. The van der Waals surface area contributed by atoms with Crippen molar-refractivity contribution in [3.63, 3.8) is 0 Å². The molecule has 1 aliphatic rings. The fourth-order valence-corrected chi connectivity index (χ4v) is 3.01. The Morgan fingerprint density at radius 3 is 2.75 bits per heavy atom. The second-order valence-corrected chi connectivity index (χ2v) is 6.50. The lowest BCUT2D eigenvalue weighted by Gasteiger charge is -2.30. The highest BCUT2D eigenvalue weighted by molar-refractivity contribution is 9.10. The number of halogens is 1. The summed E-state index contributed by atoms with van der Waals surface area (Å²) >= 11 is 3.55. The SMILES string of the molecule is CCNC(C)c1ccc(Br)cc1OC1CCN(C)CC1. The summed E-state index contributed by atoms with van der Waals surface area (Å²) in [5, 5.41) is 3.46. The first-order chi connectivity index (χ1) is 9.60.